The first-order valence-corrected chi connectivity index (χ1v) is 10.5. The zero-order valence-corrected chi connectivity index (χ0v) is 15.9. The first-order valence-electron chi connectivity index (χ1n) is 8.69. The average Bonchev–Trinajstić information content (AvgIpc) is 3.36. The molecular weight excluding hydrogens is 340 g/mol. The normalized spacial score (nSPS) is 18.4. The summed E-state index contributed by atoms with van der Waals surface area (Å²) in [5.74, 6) is 1.15. The van der Waals surface area contributed by atoms with Crippen molar-refractivity contribution in [3.8, 4) is 0 Å². The summed E-state index contributed by atoms with van der Waals surface area (Å²) in [6.45, 7) is 1.57. The lowest BCUT2D eigenvalue weighted by atomic mass is 10.0. The second-order valence-corrected chi connectivity index (χ2v) is 9.16. The average molecular weight is 366 g/mol. The summed E-state index contributed by atoms with van der Waals surface area (Å²) < 4.78 is 25.1. The summed E-state index contributed by atoms with van der Waals surface area (Å²) in [5.41, 5.74) is 2.42. The molecule has 1 N–H and O–H groups in total. The van der Waals surface area contributed by atoms with Gasteiger partial charge in [0, 0.05) is 45.8 Å². The smallest absolute Gasteiger partial charge is 0.255 e. The minimum atomic E-state index is -3.22. The molecule has 138 valence electrons. The van der Waals surface area contributed by atoms with E-state index in [0.29, 0.717) is 49.8 Å². The van der Waals surface area contributed by atoms with Crippen LogP contribution in [-0.4, -0.2) is 63.6 Å². The van der Waals surface area contributed by atoms with Crippen molar-refractivity contribution in [1.29, 1.82) is 0 Å². The minimum absolute atomic E-state index is 0.102. The lowest BCUT2D eigenvalue weighted by molar-refractivity contribution is 0.0952. The summed E-state index contributed by atoms with van der Waals surface area (Å²) in [4.78, 5) is 19.1. The molecule has 8 heteroatoms. The predicted molar refractivity (Wildman–Crippen MR) is 97.4 cm³/mol. The molecule has 2 heterocycles. The molecule has 0 saturated heterocycles. The number of nitrogens with one attached hydrogen (secondary N) is 1. The van der Waals surface area contributed by atoms with Crippen LogP contribution in [0, 0.1) is 5.92 Å². The van der Waals surface area contributed by atoms with Gasteiger partial charge in [-0.15, -0.1) is 0 Å². The van der Waals surface area contributed by atoms with Crippen LogP contribution in [0.3, 0.4) is 0 Å². The van der Waals surface area contributed by atoms with Crippen molar-refractivity contribution in [2.45, 2.75) is 25.7 Å². The standard InChI is InChI=1S/C17H26N4O3S/c1-20(2)16-14(17(22)18-11-12-4-5-12)10-13-6-8-21(25(3,23)24)9-7-15(13)19-16/h10,12H,4-9,11H2,1-3H3,(H,18,22). The van der Waals surface area contributed by atoms with Crippen molar-refractivity contribution in [2.75, 3.05) is 44.9 Å². The van der Waals surface area contributed by atoms with Crippen LogP contribution in [-0.2, 0) is 22.9 Å². The van der Waals surface area contributed by atoms with Gasteiger partial charge in [0.1, 0.15) is 5.82 Å². The van der Waals surface area contributed by atoms with E-state index in [2.05, 4.69) is 5.32 Å². The van der Waals surface area contributed by atoms with Crippen LogP contribution < -0.4 is 10.2 Å². The molecule has 0 spiro atoms. The summed E-state index contributed by atoms with van der Waals surface area (Å²) in [6, 6.07) is 1.89. The number of hydrogen-bond donors (Lipinski definition) is 1. The van der Waals surface area contributed by atoms with E-state index in [4.69, 9.17) is 4.98 Å². The first kappa shape index (κ1) is 18.1. The zero-order valence-electron chi connectivity index (χ0n) is 15.1. The molecule has 0 unspecified atom stereocenters. The number of rotatable bonds is 5. The Morgan fingerprint density at radius 3 is 2.60 bits per heavy atom. The van der Waals surface area contributed by atoms with Crippen molar-refractivity contribution in [1.82, 2.24) is 14.6 Å². The number of carbonyl (C=O) groups is 1. The van der Waals surface area contributed by atoms with E-state index in [-0.39, 0.29) is 5.91 Å². The summed E-state index contributed by atoms with van der Waals surface area (Å²) >= 11 is 0. The first-order chi connectivity index (χ1) is 11.8. The van der Waals surface area contributed by atoms with Crippen LogP contribution in [0.2, 0.25) is 0 Å². The Morgan fingerprint density at radius 1 is 1.32 bits per heavy atom. The molecule has 1 aromatic heterocycles. The maximum absolute atomic E-state index is 12.6. The maximum Gasteiger partial charge on any atom is 0.255 e. The number of aromatic nitrogens is 1. The third-order valence-corrected chi connectivity index (χ3v) is 6.09. The van der Waals surface area contributed by atoms with Crippen molar-refractivity contribution < 1.29 is 13.2 Å². The molecule has 1 fully saturated rings. The summed E-state index contributed by atoms with van der Waals surface area (Å²) in [5, 5.41) is 3.00. The van der Waals surface area contributed by atoms with E-state index < -0.39 is 10.0 Å². The predicted octanol–water partition coefficient (Wildman–Crippen LogP) is 0.648. The number of carbonyl (C=O) groups excluding carboxylic acids is 1. The number of amides is 1. The molecule has 1 aliphatic heterocycles. The van der Waals surface area contributed by atoms with Gasteiger partial charge >= 0.3 is 0 Å². The van der Waals surface area contributed by atoms with E-state index in [9.17, 15) is 13.2 Å². The Balaban J connectivity index is 1.87. The molecule has 0 radical (unpaired) electrons. The van der Waals surface area contributed by atoms with E-state index >= 15 is 0 Å². The van der Waals surface area contributed by atoms with Crippen LogP contribution in [0.15, 0.2) is 6.07 Å². The molecule has 1 amide bonds. The van der Waals surface area contributed by atoms with Gasteiger partial charge < -0.3 is 10.2 Å². The lowest BCUT2D eigenvalue weighted by Gasteiger charge is -2.19. The maximum atomic E-state index is 12.6. The highest BCUT2D eigenvalue weighted by molar-refractivity contribution is 7.88. The van der Waals surface area contributed by atoms with E-state index in [1.54, 1.807) is 0 Å². The fraction of sp³-hybridized carbons (Fsp3) is 0.647. The Bertz CT molecular complexity index is 772. The van der Waals surface area contributed by atoms with Crippen molar-refractivity contribution in [3.63, 3.8) is 0 Å². The lowest BCUT2D eigenvalue weighted by Crippen LogP contribution is -2.32. The number of hydrogen-bond acceptors (Lipinski definition) is 5. The molecule has 0 bridgehead atoms. The summed E-state index contributed by atoms with van der Waals surface area (Å²) in [7, 11) is 0.519. The Labute approximate surface area is 149 Å². The molecule has 0 atom stereocenters. The SMILES string of the molecule is CN(C)c1nc2c(cc1C(=O)NCC1CC1)CCN(S(C)(=O)=O)CC2. The Morgan fingerprint density at radius 2 is 2.00 bits per heavy atom. The van der Waals surface area contributed by atoms with Crippen LogP contribution in [0.25, 0.3) is 0 Å². The fourth-order valence-corrected chi connectivity index (χ4v) is 3.94. The quantitative estimate of drug-likeness (QED) is 0.827. The molecule has 3 rings (SSSR count). The van der Waals surface area contributed by atoms with Gasteiger partial charge in [0.2, 0.25) is 10.0 Å². The van der Waals surface area contributed by atoms with Gasteiger partial charge in [0.15, 0.2) is 0 Å². The van der Waals surface area contributed by atoms with E-state index in [0.717, 1.165) is 11.3 Å². The number of anilines is 1. The largest absolute Gasteiger partial charge is 0.362 e. The van der Waals surface area contributed by atoms with Crippen molar-refractivity contribution >= 4 is 21.7 Å². The topological polar surface area (TPSA) is 82.6 Å². The fourth-order valence-electron chi connectivity index (χ4n) is 3.10. The highest BCUT2D eigenvalue weighted by Crippen LogP contribution is 2.28. The zero-order chi connectivity index (χ0) is 18.2. The van der Waals surface area contributed by atoms with Gasteiger partial charge in [0.25, 0.3) is 5.91 Å². The van der Waals surface area contributed by atoms with Gasteiger partial charge in [-0.05, 0) is 36.8 Å². The second kappa shape index (κ2) is 6.92. The molecule has 7 nitrogen and oxygen atoms in total. The number of pyridine rings is 1. The minimum Gasteiger partial charge on any atom is -0.362 e. The Hall–Kier alpha value is -1.67. The van der Waals surface area contributed by atoms with E-state index in [1.807, 2.05) is 25.1 Å². The van der Waals surface area contributed by atoms with Gasteiger partial charge in [0.05, 0.1) is 11.8 Å². The molecule has 1 aliphatic carbocycles. The molecular formula is C17H26N4O3S. The van der Waals surface area contributed by atoms with Crippen molar-refractivity contribution in [2.24, 2.45) is 5.92 Å². The highest BCUT2D eigenvalue weighted by atomic mass is 32.2. The third-order valence-electron chi connectivity index (χ3n) is 4.79. The van der Waals surface area contributed by atoms with Gasteiger partial charge in [-0.1, -0.05) is 0 Å². The van der Waals surface area contributed by atoms with Gasteiger partial charge in [-0.2, -0.15) is 0 Å². The number of fused-ring (bicyclic) bond motifs is 1. The van der Waals surface area contributed by atoms with Gasteiger partial charge in [-0.25, -0.2) is 17.7 Å². The summed E-state index contributed by atoms with van der Waals surface area (Å²) in [6.07, 6.45) is 4.74. The number of nitrogens with zero attached hydrogens (tertiary/aromatic N) is 3. The van der Waals surface area contributed by atoms with Crippen LogP contribution in [0.1, 0.15) is 34.5 Å². The monoisotopic (exact) mass is 366 g/mol. The third kappa shape index (κ3) is 4.30. The van der Waals surface area contributed by atoms with Crippen LogP contribution >= 0.6 is 0 Å². The van der Waals surface area contributed by atoms with E-state index in [1.165, 1.54) is 23.4 Å². The second-order valence-electron chi connectivity index (χ2n) is 7.18. The van der Waals surface area contributed by atoms with Gasteiger partial charge in [-0.3, -0.25) is 4.79 Å². The molecule has 2 aliphatic rings. The molecule has 0 aromatic carbocycles. The van der Waals surface area contributed by atoms with Crippen LogP contribution in [0.5, 0.6) is 0 Å². The highest BCUT2D eigenvalue weighted by Gasteiger charge is 2.26. The van der Waals surface area contributed by atoms with Crippen molar-refractivity contribution in [3.05, 3.63) is 22.9 Å². The molecule has 25 heavy (non-hydrogen) atoms. The molecule has 1 aromatic rings. The van der Waals surface area contributed by atoms with Crippen LogP contribution in [0.4, 0.5) is 5.82 Å². The number of sulfonamides is 1. The Kier molecular flexibility index (Phi) is 5.02. The molecule has 1 saturated carbocycles.